The second-order valence-corrected chi connectivity index (χ2v) is 9.98. The molecule has 0 aliphatic carbocycles. The first kappa shape index (κ1) is 20.4. The summed E-state index contributed by atoms with van der Waals surface area (Å²) in [5.74, 6) is 0. The number of aromatic nitrogens is 5. The molecule has 5 heteroatoms. The molecule has 8 rings (SSSR count). The average Bonchev–Trinajstić information content (AvgIpc) is 3.06. The van der Waals surface area contributed by atoms with Gasteiger partial charge in [-0.1, -0.05) is 78.9 Å². The fourth-order valence-corrected chi connectivity index (χ4v) is 5.34. The van der Waals surface area contributed by atoms with Crippen LogP contribution >= 0.6 is 0 Å². The molecule has 0 bridgehead atoms. The van der Waals surface area contributed by atoms with E-state index in [1.54, 1.807) is 12.1 Å². The monoisotopic (exact) mass is 528 g/mol. The molecule has 0 N–H and O–H groups in total. The van der Waals surface area contributed by atoms with Crippen molar-refractivity contribution in [2.45, 2.75) is 6.85 Å². The van der Waals surface area contributed by atoms with Gasteiger partial charge in [0.15, 0.2) is 0 Å². The third kappa shape index (κ3) is 4.07. The fraction of sp³-hybridized carbons (Fsp3) is 0.0278. The molecule has 0 aliphatic rings. The molecule has 0 fully saturated rings. The third-order valence-electron chi connectivity index (χ3n) is 7.37. The van der Waals surface area contributed by atoms with E-state index in [9.17, 15) is 0 Å². The van der Waals surface area contributed by atoms with Crippen LogP contribution in [0.15, 0.2) is 121 Å². The minimum atomic E-state index is -2.31. The van der Waals surface area contributed by atoms with Gasteiger partial charge in [0.05, 0.1) is 44.8 Å². The van der Waals surface area contributed by atoms with Crippen molar-refractivity contribution >= 4 is 43.6 Å². The molecule has 4 aromatic carbocycles. The van der Waals surface area contributed by atoms with Crippen LogP contribution in [-0.4, -0.2) is 24.9 Å². The first-order chi connectivity index (χ1) is 21.4. The van der Waals surface area contributed by atoms with Crippen molar-refractivity contribution in [3.63, 3.8) is 0 Å². The molecule has 0 spiro atoms. The highest BCUT2D eigenvalue weighted by Gasteiger charge is 2.16. The van der Waals surface area contributed by atoms with Crippen LogP contribution < -0.4 is 0 Å². The Morgan fingerprint density at radius 3 is 1.90 bits per heavy atom. The summed E-state index contributed by atoms with van der Waals surface area (Å²) in [7, 11) is 0. The Labute approximate surface area is 240 Å². The lowest BCUT2D eigenvalue weighted by molar-refractivity contribution is 1.22. The van der Waals surface area contributed by atoms with Crippen molar-refractivity contribution in [3.8, 4) is 34.0 Å². The lowest BCUT2D eigenvalue weighted by Crippen LogP contribution is -1.98. The number of hydrogen-bond acceptors (Lipinski definition) is 5. The molecule has 8 aromatic rings. The zero-order chi connectivity index (χ0) is 29.8. The SMILES string of the molecule is [2H]C([2H])([2H])c1ccc2ccc3ccc(-c4cccc(-c5nc6ccccc6nc5-c5ccc6ccccc6c5)n4)nc3c2n1. The largest absolute Gasteiger partial charge is 0.251 e. The molecule has 5 nitrogen and oxygen atoms in total. The van der Waals surface area contributed by atoms with Crippen LogP contribution in [0.1, 0.15) is 9.81 Å². The number of aryl methyl sites for hydroxylation is 1. The summed E-state index contributed by atoms with van der Waals surface area (Å²) in [6.07, 6.45) is 0. The van der Waals surface area contributed by atoms with Crippen molar-refractivity contribution in [1.82, 2.24) is 24.9 Å². The lowest BCUT2D eigenvalue weighted by Gasteiger charge is -2.12. The van der Waals surface area contributed by atoms with Gasteiger partial charge in [-0.15, -0.1) is 0 Å². The minimum absolute atomic E-state index is 0.0425. The Kier molecular flexibility index (Phi) is 4.61. The number of nitrogens with zero attached hydrogens (tertiary/aromatic N) is 5. The Morgan fingerprint density at radius 2 is 1.07 bits per heavy atom. The van der Waals surface area contributed by atoms with Crippen molar-refractivity contribution < 1.29 is 4.11 Å². The second kappa shape index (κ2) is 9.28. The molecule has 0 unspecified atom stereocenters. The van der Waals surface area contributed by atoms with Crippen LogP contribution in [0, 0.1) is 6.85 Å². The summed E-state index contributed by atoms with van der Waals surface area (Å²) in [5.41, 5.74) is 7.17. The molecule has 0 radical (unpaired) electrons. The van der Waals surface area contributed by atoms with Gasteiger partial charge in [0.1, 0.15) is 5.69 Å². The van der Waals surface area contributed by atoms with E-state index in [1.807, 2.05) is 78.9 Å². The number of para-hydroxylation sites is 2. The number of pyridine rings is 3. The van der Waals surface area contributed by atoms with Crippen LogP contribution in [0.4, 0.5) is 0 Å². The van der Waals surface area contributed by atoms with E-state index in [0.29, 0.717) is 33.8 Å². The minimum Gasteiger partial charge on any atom is -0.251 e. The Balaban J connectivity index is 1.30. The summed E-state index contributed by atoms with van der Waals surface area (Å²) in [5, 5.41) is 3.97. The second-order valence-electron chi connectivity index (χ2n) is 9.98. The molecule has 0 saturated heterocycles. The zero-order valence-corrected chi connectivity index (χ0v) is 21.8. The molecule has 4 heterocycles. The molecule has 0 saturated carbocycles. The van der Waals surface area contributed by atoms with Crippen LogP contribution in [0.3, 0.4) is 0 Å². The van der Waals surface area contributed by atoms with Crippen molar-refractivity contribution in [3.05, 3.63) is 127 Å². The first-order valence-corrected chi connectivity index (χ1v) is 13.4. The van der Waals surface area contributed by atoms with Crippen molar-refractivity contribution in [2.24, 2.45) is 0 Å². The number of benzene rings is 4. The van der Waals surface area contributed by atoms with Crippen LogP contribution in [-0.2, 0) is 0 Å². The van der Waals surface area contributed by atoms with Gasteiger partial charge in [-0.2, -0.15) is 0 Å². The smallest absolute Gasteiger partial charge is 0.116 e. The van der Waals surface area contributed by atoms with Gasteiger partial charge in [-0.3, -0.25) is 4.98 Å². The first-order valence-electron chi connectivity index (χ1n) is 14.9. The van der Waals surface area contributed by atoms with E-state index in [-0.39, 0.29) is 5.69 Å². The quantitative estimate of drug-likeness (QED) is 0.215. The third-order valence-corrected chi connectivity index (χ3v) is 7.37. The van der Waals surface area contributed by atoms with Gasteiger partial charge in [-0.05, 0) is 60.1 Å². The molecule has 41 heavy (non-hydrogen) atoms. The number of rotatable bonds is 3. The van der Waals surface area contributed by atoms with E-state index in [1.165, 1.54) is 0 Å². The number of hydrogen-bond donors (Lipinski definition) is 0. The summed E-state index contributed by atoms with van der Waals surface area (Å²) < 4.78 is 23.5. The summed E-state index contributed by atoms with van der Waals surface area (Å²) >= 11 is 0. The van der Waals surface area contributed by atoms with E-state index >= 15 is 0 Å². The van der Waals surface area contributed by atoms with Gasteiger partial charge in [0, 0.05) is 26.1 Å². The summed E-state index contributed by atoms with van der Waals surface area (Å²) in [6, 6.07) is 39.3. The van der Waals surface area contributed by atoms with Gasteiger partial charge < -0.3 is 0 Å². The molecular weight excluding hydrogens is 502 g/mol. The van der Waals surface area contributed by atoms with E-state index in [0.717, 1.165) is 43.8 Å². The standard InChI is InChI=1S/C36H23N5/c1-22-13-14-24-16-17-25-19-20-31(40-34(25)33(24)37-22)28-11-6-12-32(38-28)36-35(39-29-9-4-5-10-30(29)41-36)27-18-15-23-7-2-3-8-26(23)21-27/h2-21H,1H3/i1D3. The van der Waals surface area contributed by atoms with E-state index in [2.05, 4.69) is 35.3 Å². The predicted molar refractivity (Wildman–Crippen MR) is 166 cm³/mol. The topological polar surface area (TPSA) is 64.5 Å². The maximum absolute atomic E-state index is 7.84. The van der Waals surface area contributed by atoms with E-state index in [4.69, 9.17) is 24.0 Å². The van der Waals surface area contributed by atoms with Gasteiger partial charge in [-0.25, -0.2) is 19.9 Å². The fourth-order valence-electron chi connectivity index (χ4n) is 5.34. The molecular formula is C36H23N5. The Bertz CT molecular complexity index is 2400. The Hall–Kier alpha value is -5.55. The molecule has 192 valence electrons. The highest BCUT2D eigenvalue weighted by atomic mass is 14.9. The van der Waals surface area contributed by atoms with Gasteiger partial charge >= 0.3 is 0 Å². The average molecular weight is 529 g/mol. The molecule has 4 aromatic heterocycles. The normalized spacial score (nSPS) is 12.9. The lowest BCUT2D eigenvalue weighted by atomic mass is 10.0. The maximum atomic E-state index is 7.84. The maximum Gasteiger partial charge on any atom is 0.116 e. The van der Waals surface area contributed by atoms with Crippen LogP contribution in [0.5, 0.6) is 0 Å². The highest BCUT2D eigenvalue weighted by molar-refractivity contribution is 6.03. The molecule has 0 amide bonds. The number of fused-ring (bicyclic) bond motifs is 5. The predicted octanol–water partition coefficient (Wildman–Crippen LogP) is 8.58. The van der Waals surface area contributed by atoms with Crippen LogP contribution in [0.25, 0.3) is 77.6 Å². The highest BCUT2D eigenvalue weighted by Crippen LogP contribution is 2.33. The van der Waals surface area contributed by atoms with E-state index < -0.39 is 6.85 Å². The van der Waals surface area contributed by atoms with Crippen LogP contribution in [0.2, 0.25) is 0 Å². The van der Waals surface area contributed by atoms with Crippen molar-refractivity contribution in [1.29, 1.82) is 0 Å². The molecule has 0 atom stereocenters. The molecule has 0 aliphatic heterocycles. The van der Waals surface area contributed by atoms with Gasteiger partial charge in [0.2, 0.25) is 0 Å². The zero-order valence-electron chi connectivity index (χ0n) is 24.8. The summed E-state index contributed by atoms with van der Waals surface area (Å²) in [6.45, 7) is -2.31. The summed E-state index contributed by atoms with van der Waals surface area (Å²) in [4.78, 5) is 24.6. The Morgan fingerprint density at radius 1 is 0.439 bits per heavy atom. The van der Waals surface area contributed by atoms with Gasteiger partial charge in [0.25, 0.3) is 0 Å². The van der Waals surface area contributed by atoms with Crippen molar-refractivity contribution in [2.75, 3.05) is 0 Å².